The molecule has 1 nitrogen and oxygen atoms in total. The molecule has 1 rings (SSSR count). The van der Waals surface area contributed by atoms with E-state index in [1.165, 1.54) is 32.1 Å². The van der Waals surface area contributed by atoms with Crippen LogP contribution in [-0.2, 0) is 4.74 Å². The quantitative estimate of drug-likeness (QED) is 0.691. The van der Waals surface area contributed by atoms with Crippen molar-refractivity contribution in [2.45, 2.75) is 43.9 Å². The number of alkyl halides is 1. The van der Waals surface area contributed by atoms with E-state index in [0.29, 0.717) is 0 Å². The normalized spacial score (nSPS) is 31.6. The predicted octanol–water partition coefficient (Wildman–Crippen LogP) is 3.61. The largest absolute Gasteiger partial charge is 0.385 e. The molecule has 0 heterocycles. The average molecular weight is 249 g/mol. The van der Waals surface area contributed by atoms with Crippen molar-refractivity contribution in [2.24, 2.45) is 11.8 Å². The van der Waals surface area contributed by atoms with E-state index in [2.05, 4.69) is 22.9 Å². The molecule has 2 heteroatoms. The number of hydrogen-bond donors (Lipinski definition) is 0. The highest BCUT2D eigenvalue weighted by molar-refractivity contribution is 9.09. The molecule has 1 aliphatic rings. The maximum atomic E-state index is 5.12. The SMILES string of the molecule is COCCC(C)C1CCCCC1Br. The lowest BCUT2D eigenvalue weighted by Gasteiger charge is -2.32. The molecule has 0 aromatic rings. The van der Waals surface area contributed by atoms with E-state index in [0.717, 1.165) is 23.3 Å². The second-order valence-corrected chi connectivity index (χ2v) is 5.40. The Kier molecular flexibility index (Phi) is 5.34. The van der Waals surface area contributed by atoms with Crippen molar-refractivity contribution in [1.29, 1.82) is 0 Å². The zero-order chi connectivity index (χ0) is 9.68. The van der Waals surface area contributed by atoms with Crippen LogP contribution in [0.5, 0.6) is 0 Å². The summed E-state index contributed by atoms with van der Waals surface area (Å²) in [6, 6.07) is 0. The van der Waals surface area contributed by atoms with Crippen molar-refractivity contribution < 1.29 is 4.74 Å². The van der Waals surface area contributed by atoms with Gasteiger partial charge in [0, 0.05) is 18.5 Å². The first-order chi connectivity index (χ1) is 6.25. The van der Waals surface area contributed by atoms with Crippen LogP contribution >= 0.6 is 15.9 Å². The number of rotatable bonds is 4. The minimum atomic E-state index is 0.758. The van der Waals surface area contributed by atoms with Gasteiger partial charge >= 0.3 is 0 Å². The number of methoxy groups -OCH3 is 1. The molecule has 0 saturated heterocycles. The fourth-order valence-electron chi connectivity index (χ4n) is 2.27. The van der Waals surface area contributed by atoms with Crippen LogP contribution in [0.3, 0.4) is 0 Å². The average Bonchev–Trinajstić information content (AvgIpc) is 2.15. The van der Waals surface area contributed by atoms with E-state index in [-0.39, 0.29) is 0 Å². The first-order valence-corrected chi connectivity index (χ1v) is 6.30. The second-order valence-electron chi connectivity index (χ2n) is 4.22. The monoisotopic (exact) mass is 248 g/mol. The van der Waals surface area contributed by atoms with Crippen molar-refractivity contribution >= 4 is 15.9 Å². The van der Waals surface area contributed by atoms with Gasteiger partial charge in [0.2, 0.25) is 0 Å². The maximum absolute atomic E-state index is 5.12. The topological polar surface area (TPSA) is 9.23 Å². The van der Waals surface area contributed by atoms with Crippen molar-refractivity contribution in [1.82, 2.24) is 0 Å². The molecule has 0 bridgehead atoms. The molecule has 0 aromatic heterocycles. The molecule has 1 saturated carbocycles. The van der Waals surface area contributed by atoms with Crippen molar-refractivity contribution in [3.05, 3.63) is 0 Å². The van der Waals surface area contributed by atoms with Gasteiger partial charge in [0.1, 0.15) is 0 Å². The third-order valence-corrected chi connectivity index (χ3v) is 4.38. The molecule has 0 aromatic carbocycles. The van der Waals surface area contributed by atoms with Gasteiger partial charge in [-0.15, -0.1) is 0 Å². The lowest BCUT2D eigenvalue weighted by Crippen LogP contribution is -2.26. The summed E-state index contributed by atoms with van der Waals surface area (Å²) in [6.45, 7) is 3.28. The van der Waals surface area contributed by atoms with E-state index < -0.39 is 0 Å². The molecule has 0 amide bonds. The molecule has 78 valence electrons. The summed E-state index contributed by atoms with van der Waals surface area (Å²) < 4.78 is 5.12. The van der Waals surface area contributed by atoms with Gasteiger partial charge in [-0.3, -0.25) is 0 Å². The molecule has 0 N–H and O–H groups in total. The second kappa shape index (κ2) is 6.02. The zero-order valence-electron chi connectivity index (χ0n) is 8.76. The summed E-state index contributed by atoms with van der Waals surface area (Å²) in [4.78, 5) is 0.758. The lowest BCUT2D eigenvalue weighted by molar-refractivity contribution is 0.156. The standard InChI is InChI=1S/C11H21BrO/c1-9(7-8-13-2)10-5-3-4-6-11(10)12/h9-11H,3-8H2,1-2H3. The third kappa shape index (κ3) is 3.59. The molecule has 3 atom stereocenters. The first kappa shape index (κ1) is 11.5. The van der Waals surface area contributed by atoms with Crippen LogP contribution in [0.2, 0.25) is 0 Å². The van der Waals surface area contributed by atoms with Gasteiger partial charge in [-0.1, -0.05) is 35.7 Å². The summed E-state index contributed by atoms with van der Waals surface area (Å²) in [5.41, 5.74) is 0. The summed E-state index contributed by atoms with van der Waals surface area (Å²) in [5, 5.41) is 0. The van der Waals surface area contributed by atoms with E-state index >= 15 is 0 Å². The maximum Gasteiger partial charge on any atom is 0.0464 e. The number of hydrogen-bond acceptors (Lipinski definition) is 1. The fraction of sp³-hybridized carbons (Fsp3) is 1.00. The summed E-state index contributed by atoms with van der Waals surface area (Å²) in [5.74, 6) is 1.69. The van der Waals surface area contributed by atoms with Crippen LogP contribution in [0.25, 0.3) is 0 Å². The van der Waals surface area contributed by atoms with Crippen LogP contribution in [0.1, 0.15) is 39.0 Å². The van der Waals surface area contributed by atoms with Crippen LogP contribution in [0.4, 0.5) is 0 Å². The first-order valence-electron chi connectivity index (χ1n) is 5.38. The van der Waals surface area contributed by atoms with Crippen molar-refractivity contribution in [2.75, 3.05) is 13.7 Å². The number of halogens is 1. The summed E-state index contributed by atoms with van der Waals surface area (Å²) >= 11 is 3.81. The molecule has 0 radical (unpaired) electrons. The van der Waals surface area contributed by atoms with Gasteiger partial charge in [0.25, 0.3) is 0 Å². The molecule has 1 fully saturated rings. The predicted molar refractivity (Wildman–Crippen MR) is 60.3 cm³/mol. The fourth-order valence-corrected chi connectivity index (χ4v) is 3.38. The van der Waals surface area contributed by atoms with Crippen LogP contribution in [-0.4, -0.2) is 18.5 Å². The molecule has 0 spiro atoms. The highest BCUT2D eigenvalue weighted by Gasteiger charge is 2.27. The van der Waals surface area contributed by atoms with E-state index in [9.17, 15) is 0 Å². The van der Waals surface area contributed by atoms with Crippen molar-refractivity contribution in [3.8, 4) is 0 Å². The smallest absolute Gasteiger partial charge is 0.0464 e. The lowest BCUT2D eigenvalue weighted by atomic mass is 9.79. The van der Waals surface area contributed by atoms with E-state index in [1.807, 2.05) is 0 Å². The van der Waals surface area contributed by atoms with Crippen LogP contribution in [0.15, 0.2) is 0 Å². The van der Waals surface area contributed by atoms with Crippen molar-refractivity contribution in [3.63, 3.8) is 0 Å². The van der Waals surface area contributed by atoms with Gasteiger partial charge in [-0.2, -0.15) is 0 Å². The Morgan fingerprint density at radius 1 is 1.38 bits per heavy atom. The summed E-state index contributed by atoms with van der Waals surface area (Å²) in [7, 11) is 1.79. The minimum Gasteiger partial charge on any atom is -0.385 e. The van der Waals surface area contributed by atoms with E-state index in [1.54, 1.807) is 7.11 Å². The summed E-state index contributed by atoms with van der Waals surface area (Å²) in [6.07, 6.45) is 6.81. The Morgan fingerprint density at radius 3 is 2.69 bits per heavy atom. The van der Waals surface area contributed by atoms with Gasteiger partial charge in [0.15, 0.2) is 0 Å². The van der Waals surface area contributed by atoms with Gasteiger partial charge in [-0.05, 0) is 31.1 Å². The Bertz CT molecular complexity index is 138. The van der Waals surface area contributed by atoms with Gasteiger partial charge < -0.3 is 4.74 Å². The molecule has 3 unspecified atom stereocenters. The zero-order valence-corrected chi connectivity index (χ0v) is 10.3. The molecular weight excluding hydrogens is 228 g/mol. The molecule has 13 heavy (non-hydrogen) atoms. The van der Waals surface area contributed by atoms with Crippen LogP contribution < -0.4 is 0 Å². The van der Waals surface area contributed by atoms with Gasteiger partial charge in [0.05, 0.1) is 0 Å². The Balaban J connectivity index is 2.30. The Hall–Kier alpha value is 0.440. The highest BCUT2D eigenvalue weighted by atomic mass is 79.9. The Morgan fingerprint density at radius 2 is 2.08 bits per heavy atom. The minimum absolute atomic E-state index is 0.758. The Labute approximate surface area is 90.4 Å². The number of ether oxygens (including phenoxy) is 1. The molecule has 0 aliphatic heterocycles. The van der Waals surface area contributed by atoms with Gasteiger partial charge in [-0.25, -0.2) is 0 Å². The van der Waals surface area contributed by atoms with Crippen LogP contribution in [0, 0.1) is 11.8 Å². The van der Waals surface area contributed by atoms with E-state index in [4.69, 9.17) is 4.74 Å². The molecular formula is C11H21BrO. The third-order valence-electron chi connectivity index (χ3n) is 3.24. The highest BCUT2D eigenvalue weighted by Crippen LogP contribution is 2.36. The molecule has 1 aliphatic carbocycles.